The van der Waals surface area contributed by atoms with Crippen LogP contribution in [0, 0.1) is 0 Å². The first-order valence-corrected chi connectivity index (χ1v) is 10.2. The Hall–Kier alpha value is -3.28. The summed E-state index contributed by atoms with van der Waals surface area (Å²) in [5.41, 5.74) is 3.51. The van der Waals surface area contributed by atoms with E-state index in [-0.39, 0.29) is 11.9 Å². The number of benzene rings is 2. The highest BCUT2D eigenvalue weighted by atomic mass is 16.2. The zero-order chi connectivity index (χ0) is 20.1. The summed E-state index contributed by atoms with van der Waals surface area (Å²) >= 11 is 0. The van der Waals surface area contributed by atoms with Crippen LogP contribution in [-0.2, 0) is 6.42 Å². The second-order valence-corrected chi connectivity index (χ2v) is 7.42. The lowest BCUT2D eigenvalue weighted by atomic mass is 10.1. The fourth-order valence-corrected chi connectivity index (χ4v) is 3.83. The first kappa shape index (κ1) is 19.1. The minimum atomic E-state index is -0.271. The number of carbonyl (C=O) groups excluding carboxylic acids is 2. The highest BCUT2D eigenvalue weighted by Gasteiger charge is 2.18. The number of nitrogens with zero attached hydrogens (tertiary/aromatic N) is 1. The van der Waals surface area contributed by atoms with Gasteiger partial charge in [-0.3, -0.25) is 4.79 Å². The lowest BCUT2D eigenvalue weighted by Gasteiger charge is -2.26. The number of fused-ring (bicyclic) bond motifs is 1. The van der Waals surface area contributed by atoms with Crippen molar-refractivity contribution in [2.24, 2.45) is 0 Å². The van der Waals surface area contributed by atoms with E-state index in [9.17, 15) is 9.59 Å². The van der Waals surface area contributed by atoms with E-state index in [1.807, 2.05) is 29.3 Å². The van der Waals surface area contributed by atoms with Crippen molar-refractivity contribution in [2.75, 3.05) is 25.0 Å². The molecule has 0 radical (unpaired) electrons. The Morgan fingerprint density at radius 1 is 1.00 bits per heavy atom. The first-order valence-electron chi connectivity index (χ1n) is 10.2. The number of likely N-dealkylation sites (tertiary alicyclic amines) is 1. The number of piperidine rings is 1. The topological polar surface area (TPSA) is 77.2 Å². The Balaban J connectivity index is 1.31. The average Bonchev–Trinajstić information content (AvgIpc) is 3.17. The van der Waals surface area contributed by atoms with Gasteiger partial charge in [-0.05, 0) is 55.5 Å². The van der Waals surface area contributed by atoms with Crippen molar-refractivity contribution < 1.29 is 9.59 Å². The van der Waals surface area contributed by atoms with E-state index in [0.717, 1.165) is 37.9 Å². The standard InChI is InChI=1S/C23H26N4O2/c28-22(27-13-4-1-5-14-27)17-7-6-8-19(15-17)26-23(29)24-12-11-18-16-25-21-10-3-2-9-20(18)21/h2-3,6-10,15-16,25H,1,4-5,11-14H2,(H2,24,26,29). The molecule has 150 valence electrons. The van der Waals surface area contributed by atoms with Crippen LogP contribution < -0.4 is 10.6 Å². The Labute approximate surface area is 170 Å². The normalized spacial score (nSPS) is 14.0. The first-order chi connectivity index (χ1) is 14.2. The third-order valence-electron chi connectivity index (χ3n) is 5.37. The van der Waals surface area contributed by atoms with Crippen molar-refractivity contribution in [2.45, 2.75) is 25.7 Å². The number of para-hydroxylation sites is 1. The number of hydrogen-bond acceptors (Lipinski definition) is 2. The molecule has 3 amide bonds. The zero-order valence-electron chi connectivity index (χ0n) is 16.4. The Morgan fingerprint density at radius 2 is 1.83 bits per heavy atom. The van der Waals surface area contributed by atoms with Crippen molar-refractivity contribution in [1.29, 1.82) is 0 Å². The summed E-state index contributed by atoms with van der Waals surface area (Å²) in [5, 5.41) is 6.89. The molecule has 0 unspecified atom stereocenters. The van der Waals surface area contributed by atoms with Gasteiger partial charge in [0, 0.05) is 48.0 Å². The second kappa shape index (κ2) is 8.82. The van der Waals surface area contributed by atoms with Crippen LogP contribution in [-0.4, -0.2) is 41.5 Å². The van der Waals surface area contributed by atoms with E-state index in [0.29, 0.717) is 17.8 Å². The molecule has 6 heteroatoms. The van der Waals surface area contributed by atoms with Gasteiger partial charge < -0.3 is 20.5 Å². The van der Waals surface area contributed by atoms with Crippen LogP contribution in [0.4, 0.5) is 10.5 Å². The number of urea groups is 1. The number of amides is 3. The number of aromatic nitrogens is 1. The maximum atomic E-state index is 12.6. The van der Waals surface area contributed by atoms with Gasteiger partial charge >= 0.3 is 6.03 Å². The minimum Gasteiger partial charge on any atom is -0.361 e. The molecule has 4 rings (SSSR count). The number of H-pyrrole nitrogens is 1. The maximum Gasteiger partial charge on any atom is 0.319 e. The fraction of sp³-hybridized carbons (Fsp3) is 0.304. The summed E-state index contributed by atoms with van der Waals surface area (Å²) in [5.74, 6) is 0.0353. The van der Waals surface area contributed by atoms with E-state index in [1.54, 1.807) is 24.3 Å². The highest BCUT2D eigenvalue weighted by Crippen LogP contribution is 2.18. The third-order valence-corrected chi connectivity index (χ3v) is 5.37. The van der Waals surface area contributed by atoms with Gasteiger partial charge in [0.05, 0.1) is 0 Å². The zero-order valence-corrected chi connectivity index (χ0v) is 16.4. The number of rotatable bonds is 5. The Kier molecular flexibility index (Phi) is 5.79. The van der Waals surface area contributed by atoms with E-state index < -0.39 is 0 Å². The lowest BCUT2D eigenvalue weighted by Crippen LogP contribution is -2.35. The summed E-state index contributed by atoms with van der Waals surface area (Å²) in [6, 6.07) is 15.0. The summed E-state index contributed by atoms with van der Waals surface area (Å²) in [7, 11) is 0. The maximum absolute atomic E-state index is 12.6. The molecule has 3 aromatic rings. The molecule has 1 aromatic heterocycles. The summed E-state index contributed by atoms with van der Waals surface area (Å²) < 4.78 is 0. The molecule has 1 fully saturated rings. The molecule has 0 atom stereocenters. The predicted octanol–water partition coefficient (Wildman–Crippen LogP) is 4.16. The van der Waals surface area contributed by atoms with Gasteiger partial charge in [-0.2, -0.15) is 0 Å². The SMILES string of the molecule is O=C(NCCc1c[nH]c2ccccc12)Nc1cccc(C(=O)N2CCCCC2)c1. The smallest absolute Gasteiger partial charge is 0.319 e. The molecule has 0 spiro atoms. The summed E-state index contributed by atoms with van der Waals surface area (Å²) in [4.78, 5) is 30.0. The van der Waals surface area contributed by atoms with Crippen molar-refractivity contribution in [3.8, 4) is 0 Å². The van der Waals surface area contributed by atoms with Gasteiger partial charge in [0.1, 0.15) is 0 Å². The van der Waals surface area contributed by atoms with Crippen LogP contribution in [0.5, 0.6) is 0 Å². The molecule has 1 aliphatic rings. The van der Waals surface area contributed by atoms with Crippen LogP contribution >= 0.6 is 0 Å². The lowest BCUT2D eigenvalue weighted by molar-refractivity contribution is 0.0724. The van der Waals surface area contributed by atoms with Gasteiger partial charge in [0.15, 0.2) is 0 Å². The average molecular weight is 390 g/mol. The van der Waals surface area contributed by atoms with Crippen molar-refractivity contribution in [3.63, 3.8) is 0 Å². The van der Waals surface area contributed by atoms with Crippen molar-refractivity contribution in [1.82, 2.24) is 15.2 Å². The van der Waals surface area contributed by atoms with Crippen LogP contribution in [0.2, 0.25) is 0 Å². The molecule has 2 aromatic carbocycles. The highest BCUT2D eigenvalue weighted by molar-refractivity contribution is 5.97. The van der Waals surface area contributed by atoms with Crippen molar-refractivity contribution in [3.05, 3.63) is 65.9 Å². The molecular weight excluding hydrogens is 364 g/mol. The van der Waals surface area contributed by atoms with Crippen LogP contribution in [0.25, 0.3) is 10.9 Å². The van der Waals surface area contributed by atoms with E-state index in [2.05, 4.69) is 21.7 Å². The molecule has 1 aliphatic heterocycles. The minimum absolute atomic E-state index is 0.0353. The van der Waals surface area contributed by atoms with E-state index in [4.69, 9.17) is 0 Å². The van der Waals surface area contributed by atoms with Gasteiger partial charge in [-0.1, -0.05) is 24.3 Å². The molecule has 0 aliphatic carbocycles. The molecule has 29 heavy (non-hydrogen) atoms. The van der Waals surface area contributed by atoms with Crippen LogP contribution in [0.1, 0.15) is 35.2 Å². The largest absolute Gasteiger partial charge is 0.361 e. The number of nitrogens with one attached hydrogen (secondary N) is 3. The number of hydrogen-bond donors (Lipinski definition) is 3. The fourth-order valence-electron chi connectivity index (χ4n) is 3.83. The van der Waals surface area contributed by atoms with E-state index >= 15 is 0 Å². The molecular formula is C23H26N4O2. The van der Waals surface area contributed by atoms with Crippen LogP contribution in [0.15, 0.2) is 54.7 Å². The molecule has 6 nitrogen and oxygen atoms in total. The van der Waals surface area contributed by atoms with Gasteiger partial charge in [-0.15, -0.1) is 0 Å². The number of carbonyl (C=O) groups is 2. The number of aromatic amines is 1. The molecule has 2 heterocycles. The predicted molar refractivity (Wildman–Crippen MR) is 115 cm³/mol. The van der Waals surface area contributed by atoms with Gasteiger partial charge in [0.25, 0.3) is 5.91 Å². The van der Waals surface area contributed by atoms with E-state index in [1.165, 1.54) is 17.4 Å². The monoisotopic (exact) mass is 390 g/mol. The quantitative estimate of drug-likeness (QED) is 0.612. The van der Waals surface area contributed by atoms with Gasteiger partial charge in [0.2, 0.25) is 0 Å². The molecule has 0 bridgehead atoms. The third kappa shape index (κ3) is 4.59. The van der Waals surface area contributed by atoms with Crippen LogP contribution in [0.3, 0.4) is 0 Å². The van der Waals surface area contributed by atoms with Crippen molar-refractivity contribution >= 4 is 28.5 Å². The molecule has 3 N–H and O–H groups in total. The Morgan fingerprint density at radius 3 is 2.69 bits per heavy atom. The summed E-state index contributed by atoms with van der Waals surface area (Å²) in [6.07, 6.45) is 6.03. The number of anilines is 1. The summed E-state index contributed by atoms with van der Waals surface area (Å²) in [6.45, 7) is 2.15. The second-order valence-electron chi connectivity index (χ2n) is 7.42. The molecule has 1 saturated heterocycles. The Bertz CT molecular complexity index is 1000. The molecule has 0 saturated carbocycles. The van der Waals surface area contributed by atoms with Gasteiger partial charge in [-0.25, -0.2) is 4.79 Å².